The van der Waals surface area contributed by atoms with Gasteiger partial charge < -0.3 is 14.9 Å². The summed E-state index contributed by atoms with van der Waals surface area (Å²) in [5.41, 5.74) is 0.234. The van der Waals surface area contributed by atoms with Crippen LogP contribution in [-0.2, 0) is 0 Å². The second kappa shape index (κ2) is 5.36. The lowest BCUT2D eigenvalue weighted by molar-refractivity contribution is 0.0697. The minimum Gasteiger partial charge on any atom is -0.493 e. The molecule has 0 saturated carbocycles. The zero-order valence-electron chi connectivity index (χ0n) is 8.51. The lowest BCUT2D eigenvalue weighted by atomic mass is 10.2. The van der Waals surface area contributed by atoms with E-state index in [0.29, 0.717) is 18.8 Å². The first kappa shape index (κ1) is 11.5. The fraction of sp³-hybridized carbons (Fsp3) is 0.364. The first-order chi connectivity index (χ1) is 7.09. The first-order valence-electron chi connectivity index (χ1n) is 4.74. The van der Waals surface area contributed by atoms with Crippen LogP contribution in [0, 0.1) is 0 Å². The molecule has 0 heterocycles. The van der Waals surface area contributed by atoms with Gasteiger partial charge in [-0.3, -0.25) is 0 Å². The summed E-state index contributed by atoms with van der Waals surface area (Å²) in [4.78, 5) is 10.5. The molecule has 0 spiro atoms. The second-order valence-electron chi connectivity index (χ2n) is 3.32. The summed E-state index contributed by atoms with van der Waals surface area (Å²) < 4.78 is 5.30. The van der Waals surface area contributed by atoms with Gasteiger partial charge in [0.15, 0.2) is 0 Å². The minimum absolute atomic E-state index is 0.234. The normalized spacial score (nSPS) is 12.1. The number of carboxylic acids is 1. The van der Waals surface area contributed by atoms with Crippen LogP contribution in [-0.4, -0.2) is 28.9 Å². The van der Waals surface area contributed by atoms with Gasteiger partial charge in [0.25, 0.3) is 0 Å². The summed E-state index contributed by atoms with van der Waals surface area (Å²) in [5, 5.41) is 17.6. The minimum atomic E-state index is -0.953. The molecule has 0 aromatic heterocycles. The standard InChI is InChI=1S/C11H14O4/c1-8(12)6-7-15-10-4-2-9(3-5-10)11(13)14/h2-5,8,12H,6-7H2,1H3,(H,13,14). The fourth-order valence-corrected chi connectivity index (χ4v) is 1.04. The highest BCUT2D eigenvalue weighted by molar-refractivity contribution is 5.87. The number of rotatable bonds is 5. The van der Waals surface area contributed by atoms with Crippen LogP contribution in [0.2, 0.25) is 0 Å². The van der Waals surface area contributed by atoms with Gasteiger partial charge in [-0.05, 0) is 31.2 Å². The van der Waals surface area contributed by atoms with Crippen molar-refractivity contribution in [1.29, 1.82) is 0 Å². The van der Waals surface area contributed by atoms with E-state index in [1.165, 1.54) is 12.1 Å². The second-order valence-corrected chi connectivity index (χ2v) is 3.32. The summed E-state index contributed by atoms with van der Waals surface area (Å²) >= 11 is 0. The molecule has 0 saturated heterocycles. The predicted octanol–water partition coefficient (Wildman–Crippen LogP) is 1.53. The van der Waals surface area contributed by atoms with Crippen LogP contribution >= 0.6 is 0 Å². The van der Waals surface area contributed by atoms with Crippen molar-refractivity contribution < 1.29 is 19.7 Å². The number of carboxylic acid groups (broad SMARTS) is 1. The van der Waals surface area contributed by atoms with Crippen LogP contribution in [0.4, 0.5) is 0 Å². The van der Waals surface area contributed by atoms with Gasteiger partial charge in [0.2, 0.25) is 0 Å². The Hall–Kier alpha value is -1.55. The van der Waals surface area contributed by atoms with Gasteiger partial charge >= 0.3 is 5.97 Å². The Bertz CT molecular complexity index is 316. The van der Waals surface area contributed by atoms with Gasteiger partial charge in [0, 0.05) is 6.42 Å². The van der Waals surface area contributed by atoms with Crippen LogP contribution in [0.5, 0.6) is 5.75 Å². The Kier molecular flexibility index (Phi) is 4.12. The molecule has 0 bridgehead atoms. The van der Waals surface area contributed by atoms with Crippen LogP contribution in [0.25, 0.3) is 0 Å². The van der Waals surface area contributed by atoms with E-state index in [-0.39, 0.29) is 11.7 Å². The van der Waals surface area contributed by atoms with Gasteiger partial charge in [-0.1, -0.05) is 0 Å². The third kappa shape index (κ3) is 3.99. The molecule has 0 fully saturated rings. The Morgan fingerprint density at radius 3 is 2.47 bits per heavy atom. The summed E-state index contributed by atoms with van der Waals surface area (Å²) in [5.74, 6) is -0.341. The highest BCUT2D eigenvalue weighted by Gasteiger charge is 2.02. The van der Waals surface area contributed by atoms with E-state index >= 15 is 0 Å². The van der Waals surface area contributed by atoms with E-state index in [1.54, 1.807) is 19.1 Å². The van der Waals surface area contributed by atoms with E-state index in [0.717, 1.165) is 0 Å². The van der Waals surface area contributed by atoms with Gasteiger partial charge in [0.1, 0.15) is 5.75 Å². The lowest BCUT2D eigenvalue weighted by Crippen LogP contribution is -2.07. The lowest BCUT2D eigenvalue weighted by Gasteiger charge is -2.07. The largest absolute Gasteiger partial charge is 0.493 e. The van der Waals surface area contributed by atoms with E-state index in [9.17, 15) is 4.79 Å². The van der Waals surface area contributed by atoms with Crippen molar-refractivity contribution in [1.82, 2.24) is 0 Å². The van der Waals surface area contributed by atoms with Crippen molar-refractivity contribution in [2.45, 2.75) is 19.4 Å². The summed E-state index contributed by atoms with van der Waals surface area (Å²) in [6, 6.07) is 6.18. The zero-order chi connectivity index (χ0) is 11.3. The van der Waals surface area contributed by atoms with Crippen molar-refractivity contribution in [3.05, 3.63) is 29.8 Å². The monoisotopic (exact) mass is 210 g/mol. The molecule has 1 aromatic rings. The maximum Gasteiger partial charge on any atom is 0.335 e. The number of ether oxygens (including phenoxy) is 1. The Balaban J connectivity index is 2.46. The molecule has 1 unspecified atom stereocenters. The third-order valence-corrected chi connectivity index (χ3v) is 1.91. The molecule has 0 aliphatic heterocycles. The van der Waals surface area contributed by atoms with Crippen molar-refractivity contribution in [3.63, 3.8) is 0 Å². The average Bonchev–Trinajstić information content (AvgIpc) is 2.18. The molecule has 4 nitrogen and oxygen atoms in total. The topological polar surface area (TPSA) is 66.8 Å². The van der Waals surface area contributed by atoms with E-state index in [2.05, 4.69) is 0 Å². The number of hydrogen-bond donors (Lipinski definition) is 2. The van der Waals surface area contributed by atoms with E-state index in [4.69, 9.17) is 14.9 Å². The van der Waals surface area contributed by atoms with Gasteiger partial charge in [-0.2, -0.15) is 0 Å². The summed E-state index contributed by atoms with van der Waals surface area (Å²) in [7, 11) is 0. The summed E-state index contributed by atoms with van der Waals surface area (Å²) in [6.45, 7) is 2.11. The molecule has 1 rings (SSSR count). The predicted molar refractivity (Wildman–Crippen MR) is 55.2 cm³/mol. The van der Waals surface area contributed by atoms with E-state index in [1.807, 2.05) is 0 Å². The quantitative estimate of drug-likeness (QED) is 0.773. The zero-order valence-corrected chi connectivity index (χ0v) is 8.51. The highest BCUT2D eigenvalue weighted by atomic mass is 16.5. The number of benzene rings is 1. The van der Waals surface area contributed by atoms with Gasteiger partial charge in [-0.15, -0.1) is 0 Å². The van der Waals surface area contributed by atoms with Crippen molar-refractivity contribution in [2.24, 2.45) is 0 Å². The number of aliphatic hydroxyl groups is 1. The van der Waals surface area contributed by atoms with Crippen molar-refractivity contribution >= 4 is 5.97 Å². The average molecular weight is 210 g/mol. The van der Waals surface area contributed by atoms with Crippen LogP contribution < -0.4 is 4.74 Å². The van der Waals surface area contributed by atoms with E-state index < -0.39 is 5.97 Å². The fourth-order valence-electron chi connectivity index (χ4n) is 1.04. The Labute approximate surface area is 88.1 Å². The van der Waals surface area contributed by atoms with Crippen LogP contribution in [0.3, 0.4) is 0 Å². The smallest absolute Gasteiger partial charge is 0.335 e. The first-order valence-corrected chi connectivity index (χ1v) is 4.74. The number of aliphatic hydroxyl groups excluding tert-OH is 1. The molecule has 0 radical (unpaired) electrons. The van der Waals surface area contributed by atoms with Crippen LogP contribution in [0.15, 0.2) is 24.3 Å². The molecular formula is C11H14O4. The molecule has 0 amide bonds. The molecule has 15 heavy (non-hydrogen) atoms. The highest BCUT2D eigenvalue weighted by Crippen LogP contribution is 2.12. The number of hydrogen-bond acceptors (Lipinski definition) is 3. The Morgan fingerprint density at radius 2 is 2.00 bits per heavy atom. The molecule has 4 heteroatoms. The van der Waals surface area contributed by atoms with Crippen molar-refractivity contribution in [2.75, 3.05) is 6.61 Å². The molecule has 1 aromatic carbocycles. The Morgan fingerprint density at radius 1 is 1.40 bits per heavy atom. The maximum absolute atomic E-state index is 10.5. The number of aromatic carboxylic acids is 1. The SMILES string of the molecule is CC(O)CCOc1ccc(C(=O)O)cc1. The molecule has 0 aliphatic carbocycles. The molecule has 2 N–H and O–H groups in total. The van der Waals surface area contributed by atoms with Gasteiger partial charge in [0.05, 0.1) is 18.3 Å². The molecule has 0 aliphatic rings. The maximum atomic E-state index is 10.5. The summed E-state index contributed by atoms with van der Waals surface area (Å²) in [6.07, 6.45) is 0.170. The van der Waals surface area contributed by atoms with Crippen molar-refractivity contribution in [3.8, 4) is 5.75 Å². The third-order valence-electron chi connectivity index (χ3n) is 1.91. The number of carbonyl (C=O) groups is 1. The molecule has 82 valence electrons. The molecule has 1 atom stereocenters. The molecular weight excluding hydrogens is 196 g/mol. The van der Waals surface area contributed by atoms with Gasteiger partial charge in [-0.25, -0.2) is 4.79 Å². The van der Waals surface area contributed by atoms with Crippen LogP contribution in [0.1, 0.15) is 23.7 Å².